The molecule has 0 radical (unpaired) electrons. The quantitative estimate of drug-likeness (QED) is 0.902. The monoisotopic (exact) mass is 333 g/mol. The van der Waals surface area contributed by atoms with E-state index < -0.39 is 18.2 Å². The topological polar surface area (TPSA) is 50.2 Å². The highest BCUT2D eigenvalue weighted by Gasteiger charge is 2.40. The molecule has 2 aromatic rings. The number of carbonyl (C=O) groups excluding carboxylic acids is 1. The van der Waals surface area contributed by atoms with Gasteiger partial charge in [0.2, 0.25) is 0 Å². The van der Waals surface area contributed by atoms with Crippen LogP contribution in [0.4, 0.5) is 13.2 Å². The standard InChI is InChI=1S/C18H14F3NO2/c19-18(20,21)24-13-8-4-7-12(9-13)16-15(22)10-14(17(16)23)11-5-2-1-3-6-11/h1-9,14,16,22H,10H2. The molecule has 3 rings (SSSR count). The highest BCUT2D eigenvalue weighted by atomic mass is 19.4. The lowest BCUT2D eigenvalue weighted by Gasteiger charge is -2.14. The predicted molar refractivity (Wildman–Crippen MR) is 82.4 cm³/mol. The summed E-state index contributed by atoms with van der Waals surface area (Å²) in [5.41, 5.74) is 1.38. The Morgan fingerprint density at radius 1 is 1.00 bits per heavy atom. The first-order chi connectivity index (χ1) is 11.3. The van der Waals surface area contributed by atoms with Crippen molar-refractivity contribution in [3.8, 4) is 5.75 Å². The zero-order valence-electron chi connectivity index (χ0n) is 12.5. The summed E-state index contributed by atoms with van der Waals surface area (Å²) in [4.78, 5) is 12.7. The van der Waals surface area contributed by atoms with Gasteiger partial charge in [0.1, 0.15) is 5.75 Å². The Morgan fingerprint density at radius 3 is 2.33 bits per heavy atom. The van der Waals surface area contributed by atoms with Gasteiger partial charge in [-0.1, -0.05) is 42.5 Å². The van der Waals surface area contributed by atoms with Crippen LogP contribution in [0.1, 0.15) is 29.4 Å². The van der Waals surface area contributed by atoms with Crippen molar-refractivity contribution >= 4 is 11.5 Å². The molecule has 0 heterocycles. The van der Waals surface area contributed by atoms with Crippen LogP contribution in [-0.2, 0) is 4.79 Å². The smallest absolute Gasteiger partial charge is 0.406 e. The number of rotatable bonds is 3. The molecule has 1 N–H and O–H groups in total. The third-order valence-electron chi connectivity index (χ3n) is 4.03. The van der Waals surface area contributed by atoms with Crippen LogP contribution < -0.4 is 4.74 Å². The van der Waals surface area contributed by atoms with E-state index in [0.717, 1.165) is 5.56 Å². The second-order valence-electron chi connectivity index (χ2n) is 5.65. The zero-order valence-corrected chi connectivity index (χ0v) is 12.5. The van der Waals surface area contributed by atoms with Crippen LogP contribution in [0.3, 0.4) is 0 Å². The molecule has 6 heteroatoms. The van der Waals surface area contributed by atoms with Gasteiger partial charge in [-0.2, -0.15) is 0 Å². The fourth-order valence-electron chi connectivity index (χ4n) is 3.04. The summed E-state index contributed by atoms with van der Waals surface area (Å²) in [6, 6.07) is 14.4. The Labute approximate surface area is 136 Å². The molecule has 124 valence electrons. The van der Waals surface area contributed by atoms with Crippen LogP contribution >= 0.6 is 0 Å². The Morgan fingerprint density at radius 2 is 1.67 bits per heavy atom. The Balaban J connectivity index is 1.88. The molecule has 24 heavy (non-hydrogen) atoms. The summed E-state index contributed by atoms with van der Waals surface area (Å²) in [7, 11) is 0. The van der Waals surface area contributed by atoms with Gasteiger partial charge in [-0.05, 0) is 29.7 Å². The maximum Gasteiger partial charge on any atom is 0.573 e. The van der Waals surface area contributed by atoms with E-state index in [2.05, 4.69) is 4.74 Å². The fourth-order valence-corrected chi connectivity index (χ4v) is 3.04. The van der Waals surface area contributed by atoms with Gasteiger partial charge >= 0.3 is 6.36 Å². The number of carbonyl (C=O) groups is 1. The first-order valence-electron chi connectivity index (χ1n) is 7.37. The van der Waals surface area contributed by atoms with Gasteiger partial charge in [0.15, 0.2) is 5.78 Å². The van der Waals surface area contributed by atoms with Crippen molar-refractivity contribution in [2.45, 2.75) is 24.6 Å². The zero-order chi connectivity index (χ0) is 17.3. The molecule has 1 aliphatic carbocycles. The van der Waals surface area contributed by atoms with E-state index in [9.17, 15) is 18.0 Å². The normalized spacial score (nSPS) is 21.1. The van der Waals surface area contributed by atoms with E-state index in [4.69, 9.17) is 5.41 Å². The SMILES string of the molecule is N=C1CC(c2ccccc2)C(=O)C1c1cccc(OC(F)(F)F)c1. The number of hydrogen-bond acceptors (Lipinski definition) is 3. The molecule has 1 aliphatic rings. The van der Waals surface area contributed by atoms with E-state index in [0.29, 0.717) is 5.56 Å². The summed E-state index contributed by atoms with van der Waals surface area (Å²) >= 11 is 0. The maximum atomic E-state index is 12.7. The molecule has 0 amide bonds. The van der Waals surface area contributed by atoms with Crippen LogP contribution in [-0.4, -0.2) is 17.9 Å². The number of ketones is 1. The molecule has 2 atom stereocenters. The van der Waals surface area contributed by atoms with Crippen molar-refractivity contribution in [2.75, 3.05) is 0 Å². The number of alkyl halides is 3. The first kappa shape index (κ1) is 16.2. The molecule has 2 aromatic carbocycles. The van der Waals surface area contributed by atoms with E-state index in [1.807, 2.05) is 30.3 Å². The minimum absolute atomic E-state index is 0.171. The van der Waals surface area contributed by atoms with Crippen LogP contribution in [0.2, 0.25) is 0 Å². The van der Waals surface area contributed by atoms with Gasteiger partial charge in [-0.25, -0.2) is 0 Å². The number of ether oxygens (including phenoxy) is 1. The molecule has 0 saturated heterocycles. The van der Waals surface area contributed by atoms with Crippen molar-refractivity contribution in [2.24, 2.45) is 0 Å². The highest BCUT2D eigenvalue weighted by Crippen LogP contribution is 2.39. The van der Waals surface area contributed by atoms with Gasteiger partial charge in [0.25, 0.3) is 0 Å². The third kappa shape index (κ3) is 3.32. The lowest BCUT2D eigenvalue weighted by atomic mass is 9.91. The summed E-state index contributed by atoms with van der Waals surface area (Å²) in [5.74, 6) is -1.82. The average Bonchev–Trinajstić information content (AvgIpc) is 2.81. The van der Waals surface area contributed by atoms with Crippen LogP contribution in [0.15, 0.2) is 54.6 Å². The summed E-state index contributed by atoms with van der Waals surface area (Å²) in [5, 5.41) is 8.12. The molecule has 0 spiro atoms. The molecule has 0 bridgehead atoms. The van der Waals surface area contributed by atoms with Gasteiger partial charge in [-0.15, -0.1) is 13.2 Å². The van der Waals surface area contributed by atoms with E-state index in [1.54, 1.807) is 6.07 Å². The van der Waals surface area contributed by atoms with Crippen molar-refractivity contribution in [1.82, 2.24) is 0 Å². The van der Waals surface area contributed by atoms with E-state index in [1.165, 1.54) is 18.2 Å². The average molecular weight is 333 g/mol. The molecular weight excluding hydrogens is 319 g/mol. The molecule has 3 nitrogen and oxygen atoms in total. The Kier molecular flexibility index (Phi) is 4.13. The largest absolute Gasteiger partial charge is 0.573 e. The van der Waals surface area contributed by atoms with Gasteiger partial charge in [0.05, 0.1) is 5.92 Å². The van der Waals surface area contributed by atoms with Crippen molar-refractivity contribution in [3.63, 3.8) is 0 Å². The number of halogens is 3. The second kappa shape index (κ2) is 6.11. The van der Waals surface area contributed by atoms with E-state index >= 15 is 0 Å². The maximum absolute atomic E-state index is 12.7. The second-order valence-corrected chi connectivity index (χ2v) is 5.65. The third-order valence-corrected chi connectivity index (χ3v) is 4.03. The number of Topliss-reactive ketones (excluding diaryl/α,β-unsaturated/α-hetero) is 1. The molecular formula is C18H14F3NO2. The molecule has 1 saturated carbocycles. The number of hydrogen-bond donors (Lipinski definition) is 1. The van der Waals surface area contributed by atoms with Crippen LogP contribution in [0, 0.1) is 5.41 Å². The van der Waals surface area contributed by atoms with E-state index in [-0.39, 0.29) is 23.7 Å². The molecule has 0 aliphatic heterocycles. The van der Waals surface area contributed by atoms with Gasteiger partial charge < -0.3 is 10.1 Å². The molecule has 0 aromatic heterocycles. The van der Waals surface area contributed by atoms with Crippen molar-refractivity contribution in [1.29, 1.82) is 5.41 Å². The minimum Gasteiger partial charge on any atom is -0.406 e. The lowest BCUT2D eigenvalue weighted by molar-refractivity contribution is -0.274. The van der Waals surface area contributed by atoms with Crippen molar-refractivity contribution < 1.29 is 22.7 Å². The summed E-state index contributed by atoms with van der Waals surface area (Å²) in [6.45, 7) is 0. The Bertz CT molecular complexity index is 771. The summed E-state index contributed by atoms with van der Waals surface area (Å²) < 4.78 is 41.0. The lowest BCUT2D eigenvalue weighted by Crippen LogP contribution is -2.18. The number of benzene rings is 2. The fraction of sp³-hybridized carbons (Fsp3) is 0.222. The highest BCUT2D eigenvalue weighted by molar-refractivity contribution is 6.17. The van der Waals surface area contributed by atoms with Crippen LogP contribution in [0.25, 0.3) is 0 Å². The van der Waals surface area contributed by atoms with Crippen molar-refractivity contribution in [3.05, 3.63) is 65.7 Å². The van der Waals surface area contributed by atoms with Crippen LogP contribution in [0.5, 0.6) is 5.75 Å². The first-order valence-corrected chi connectivity index (χ1v) is 7.37. The molecule has 1 fully saturated rings. The Hall–Kier alpha value is -2.63. The summed E-state index contributed by atoms with van der Waals surface area (Å²) in [6.07, 6.45) is -4.52. The number of nitrogens with one attached hydrogen (secondary N) is 1. The predicted octanol–water partition coefficient (Wildman–Crippen LogP) is 4.45. The van der Waals surface area contributed by atoms with Gasteiger partial charge in [-0.3, -0.25) is 4.79 Å². The minimum atomic E-state index is -4.79. The van der Waals surface area contributed by atoms with Gasteiger partial charge in [0, 0.05) is 11.6 Å². The molecule has 2 unspecified atom stereocenters.